The predicted octanol–water partition coefficient (Wildman–Crippen LogP) is 5.28. The summed E-state index contributed by atoms with van der Waals surface area (Å²) in [6.07, 6.45) is 12.7. The van der Waals surface area contributed by atoms with E-state index >= 15 is 0 Å². The number of amides is 1. The van der Waals surface area contributed by atoms with Crippen molar-refractivity contribution in [3.05, 3.63) is 53.2 Å². The Morgan fingerprint density at radius 1 is 1.21 bits per heavy atom. The summed E-state index contributed by atoms with van der Waals surface area (Å²) >= 11 is 1.38. The third-order valence-corrected chi connectivity index (χ3v) is 5.97. The average Bonchev–Trinajstić information content (AvgIpc) is 3.31. The van der Waals surface area contributed by atoms with Crippen LogP contribution in [-0.2, 0) is 4.79 Å². The Hall–Kier alpha value is -2.47. The van der Waals surface area contributed by atoms with Gasteiger partial charge in [-0.3, -0.25) is 4.79 Å². The lowest BCUT2D eigenvalue weighted by Crippen LogP contribution is -2.19. The fraction of sp³-hybridized carbons (Fsp3) is 0.364. The molecule has 1 saturated heterocycles. The van der Waals surface area contributed by atoms with Crippen LogP contribution in [0.25, 0.3) is 6.08 Å². The molecule has 146 valence electrons. The van der Waals surface area contributed by atoms with Crippen LogP contribution < -0.4 is 10.1 Å². The molecule has 4 rings (SSSR count). The minimum Gasteiger partial charge on any atom is -0.494 e. The molecule has 0 unspecified atom stereocenters. The van der Waals surface area contributed by atoms with Gasteiger partial charge < -0.3 is 14.6 Å². The molecule has 1 N–H and O–H groups in total. The number of benzene rings is 1. The topological polar surface area (TPSA) is 55.6 Å². The Morgan fingerprint density at radius 2 is 2.00 bits per heavy atom. The highest BCUT2D eigenvalue weighted by Gasteiger charge is 2.24. The standard InChI is InChI=1S/C22H25N3O2S/c1-2-27-19-10-8-17(9-11-19)23-22-24-21(26)20(28-22)14-16-12-13-25(15-16)18-6-4-3-5-7-18/h8-15,18H,2-7H2,1H3,(H,23,24,26)/b20-14+. The minimum absolute atomic E-state index is 0.0971. The first kappa shape index (κ1) is 18.9. The third kappa shape index (κ3) is 4.50. The van der Waals surface area contributed by atoms with E-state index in [2.05, 4.69) is 33.3 Å². The molecule has 2 aliphatic rings. The van der Waals surface area contributed by atoms with Gasteiger partial charge in [0.05, 0.1) is 17.2 Å². The van der Waals surface area contributed by atoms with Crippen molar-refractivity contribution in [1.29, 1.82) is 0 Å². The van der Waals surface area contributed by atoms with Crippen molar-refractivity contribution in [2.45, 2.75) is 45.1 Å². The molecule has 1 aliphatic carbocycles. The number of amidine groups is 1. The molecular formula is C22H25N3O2S. The number of rotatable bonds is 5. The molecule has 2 heterocycles. The quantitative estimate of drug-likeness (QED) is 0.701. The van der Waals surface area contributed by atoms with E-state index in [1.807, 2.05) is 37.3 Å². The molecule has 6 heteroatoms. The van der Waals surface area contributed by atoms with Crippen molar-refractivity contribution >= 4 is 34.6 Å². The monoisotopic (exact) mass is 395 g/mol. The van der Waals surface area contributed by atoms with E-state index in [4.69, 9.17) is 4.74 Å². The highest BCUT2D eigenvalue weighted by molar-refractivity contribution is 8.18. The number of nitrogens with one attached hydrogen (secondary N) is 1. The summed E-state index contributed by atoms with van der Waals surface area (Å²) in [5.74, 6) is 0.720. The van der Waals surface area contributed by atoms with E-state index in [1.165, 1.54) is 43.9 Å². The van der Waals surface area contributed by atoms with Gasteiger partial charge in [-0.1, -0.05) is 19.3 Å². The first-order valence-electron chi connectivity index (χ1n) is 9.91. The Morgan fingerprint density at radius 3 is 2.75 bits per heavy atom. The Bertz CT molecular complexity index is 893. The Labute approximate surface area is 169 Å². The summed E-state index contributed by atoms with van der Waals surface area (Å²) < 4.78 is 7.75. The smallest absolute Gasteiger partial charge is 0.264 e. The summed E-state index contributed by atoms with van der Waals surface area (Å²) in [5.41, 5.74) is 1.85. The predicted molar refractivity (Wildman–Crippen MR) is 115 cm³/mol. The first-order chi connectivity index (χ1) is 13.7. The van der Waals surface area contributed by atoms with Crippen LogP contribution in [-0.4, -0.2) is 22.2 Å². The SMILES string of the molecule is CCOc1ccc(N=C2NC(=O)/C(=C\c3ccn(C4CCCCC4)c3)S2)cc1. The molecule has 1 aromatic heterocycles. The van der Waals surface area contributed by atoms with Gasteiger partial charge in [0.15, 0.2) is 5.17 Å². The summed E-state index contributed by atoms with van der Waals surface area (Å²) in [4.78, 5) is 17.5. The van der Waals surface area contributed by atoms with E-state index in [0.717, 1.165) is 17.0 Å². The molecule has 1 aliphatic heterocycles. The number of hydrogen-bond donors (Lipinski definition) is 1. The van der Waals surface area contributed by atoms with Crippen molar-refractivity contribution in [2.24, 2.45) is 4.99 Å². The molecule has 28 heavy (non-hydrogen) atoms. The number of hydrogen-bond acceptors (Lipinski definition) is 4. The molecule has 1 saturated carbocycles. The van der Waals surface area contributed by atoms with E-state index in [1.54, 1.807) is 0 Å². The maximum atomic E-state index is 12.3. The number of aromatic nitrogens is 1. The van der Waals surface area contributed by atoms with Crippen molar-refractivity contribution in [1.82, 2.24) is 9.88 Å². The lowest BCUT2D eigenvalue weighted by molar-refractivity contribution is -0.115. The molecule has 0 spiro atoms. The highest BCUT2D eigenvalue weighted by Crippen LogP contribution is 2.31. The van der Waals surface area contributed by atoms with E-state index in [0.29, 0.717) is 22.7 Å². The second-order valence-electron chi connectivity index (χ2n) is 7.09. The van der Waals surface area contributed by atoms with Gasteiger partial charge in [0, 0.05) is 18.4 Å². The molecular weight excluding hydrogens is 370 g/mol. The Balaban J connectivity index is 1.44. The van der Waals surface area contributed by atoms with Crippen LogP contribution in [0.5, 0.6) is 5.75 Å². The molecule has 0 atom stereocenters. The van der Waals surface area contributed by atoms with Gasteiger partial charge >= 0.3 is 0 Å². The van der Waals surface area contributed by atoms with Gasteiger partial charge in [0.2, 0.25) is 0 Å². The van der Waals surface area contributed by atoms with Crippen LogP contribution in [0.1, 0.15) is 50.6 Å². The minimum atomic E-state index is -0.0971. The number of thioether (sulfide) groups is 1. The van der Waals surface area contributed by atoms with Crippen LogP contribution in [0, 0.1) is 0 Å². The van der Waals surface area contributed by atoms with Crippen LogP contribution in [0.4, 0.5) is 5.69 Å². The summed E-state index contributed by atoms with van der Waals surface area (Å²) in [6.45, 7) is 2.59. The van der Waals surface area contributed by atoms with Crippen molar-refractivity contribution in [2.75, 3.05) is 6.61 Å². The number of nitrogens with zero attached hydrogens (tertiary/aromatic N) is 2. The molecule has 5 nitrogen and oxygen atoms in total. The molecule has 2 aromatic rings. The summed E-state index contributed by atoms with van der Waals surface area (Å²) in [6, 6.07) is 10.2. The number of carbonyl (C=O) groups is 1. The second kappa shape index (κ2) is 8.69. The maximum absolute atomic E-state index is 12.3. The van der Waals surface area contributed by atoms with Crippen LogP contribution >= 0.6 is 11.8 Å². The fourth-order valence-corrected chi connectivity index (χ4v) is 4.50. The second-order valence-corrected chi connectivity index (χ2v) is 8.12. The van der Waals surface area contributed by atoms with Crippen molar-refractivity contribution in [3.8, 4) is 5.75 Å². The van der Waals surface area contributed by atoms with E-state index < -0.39 is 0 Å². The number of aliphatic imine (C=N–C) groups is 1. The average molecular weight is 396 g/mol. The largest absolute Gasteiger partial charge is 0.494 e. The first-order valence-corrected chi connectivity index (χ1v) is 10.7. The molecule has 1 amide bonds. The van der Waals surface area contributed by atoms with E-state index in [9.17, 15) is 4.79 Å². The zero-order valence-electron chi connectivity index (χ0n) is 16.1. The lowest BCUT2D eigenvalue weighted by atomic mass is 9.95. The molecule has 0 radical (unpaired) electrons. The highest BCUT2D eigenvalue weighted by atomic mass is 32.2. The van der Waals surface area contributed by atoms with E-state index in [-0.39, 0.29) is 5.91 Å². The van der Waals surface area contributed by atoms with Gasteiger partial charge in [-0.05, 0) is 73.5 Å². The van der Waals surface area contributed by atoms with Crippen molar-refractivity contribution in [3.63, 3.8) is 0 Å². The summed E-state index contributed by atoms with van der Waals surface area (Å²) in [7, 11) is 0. The number of carbonyl (C=O) groups excluding carboxylic acids is 1. The van der Waals surface area contributed by atoms with Gasteiger partial charge in [-0.25, -0.2) is 4.99 Å². The Kier molecular flexibility index (Phi) is 5.86. The normalized spacial score (nSPS) is 20.7. The lowest BCUT2D eigenvalue weighted by Gasteiger charge is -2.23. The fourth-order valence-electron chi connectivity index (χ4n) is 3.65. The van der Waals surface area contributed by atoms with Gasteiger partial charge in [0.25, 0.3) is 5.91 Å². The van der Waals surface area contributed by atoms with Gasteiger partial charge in [-0.2, -0.15) is 0 Å². The third-order valence-electron chi connectivity index (χ3n) is 5.06. The van der Waals surface area contributed by atoms with Gasteiger partial charge in [0.1, 0.15) is 5.75 Å². The van der Waals surface area contributed by atoms with Crippen LogP contribution in [0.2, 0.25) is 0 Å². The number of ether oxygens (including phenoxy) is 1. The zero-order valence-corrected chi connectivity index (χ0v) is 16.9. The zero-order chi connectivity index (χ0) is 19.3. The summed E-state index contributed by atoms with van der Waals surface area (Å²) in [5, 5.41) is 3.45. The molecule has 1 aromatic carbocycles. The van der Waals surface area contributed by atoms with Gasteiger partial charge in [-0.15, -0.1) is 0 Å². The molecule has 2 fully saturated rings. The van der Waals surface area contributed by atoms with Crippen LogP contribution in [0.15, 0.2) is 52.6 Å². The van der Waals surface area contributed by atoms with Crippen LogP contribution in [0.3, 0.4) is 0 Å². The van der Waals surface area contributed by atoms with Crippen molar-refractivity contribution < 1.29 is 9.53 Å². The maximum Gasteiger partial charge on any atom is 0.264 e. The molecule has 0 bridgehead atoms.